The Morgan fingerprint density at radius 2 is 1.90 bits per heavy atom. The lowest BCUT2D eigenvalue weighted by atomic mass is 10.1. The molecule has 0 bridgehead atoms. The largest absolute Gasteiger partial charge is 0.497 e. The fourth-order valence-corrected chi connectivity index (χ4v) is 2.11. The molecule has 1 aromatic carbocycles. The fourth-order valence-electron chi connectivity index (χ4n) is 2.11. The predicted molar refractivity (Wildman–Crippen MR) is 84.1 cm³/mol. The molecule has 0 aliphatic heterocycles. The van der Waals surface area contributed by atoms with Crippen LogP contribution in [0.25, 0.3) is 11.3 Å². The highest BCUT2D eigenvalue weighted by Gasteiger charge is 2.12. The molecular weight excluding hydrogens is 266 g/mol. The summed E-state index contributed by atoms with van der Waals surface area (Å²) in [4.78, 5) is 9.11. The molecule has 0 atom stereocenters. The Morgan fingerprint density at radius 1 is 1.10 bits per heavy atom. The summed E-state index contributed by atoms with van der Waals surface area (Å²) in [5.41, 5.74) is 1.72. The quantitative estimate of drug-likeness (QED) is 0.884. The van der Waals surface area contributed by atoms with Gasteiger partial charge in [-0.25, -0.2) is 9.97 Å². The van der Waals surface area contributed by atoms with Crippen molar-refractivity contribution in [3.05, 3.63) is 30.1 Å². The van der Waals surface area contributed by atoms with E-state index in [2.05, 4.69) is 22.2 Å². The van der Waals surface area contributed by atoms with Crippen LogP contribution >= 0.6 is 0 Å². The first-order chi connectivity index (χ1) is 10.2. The lowest BCUT2D eigenvalue weighted by Crippen LogP contribution is -2.02. The normalized spacial score (nSPS) is 10.3. The van der Waals surface area contributed by atoms with Crippen LogP contribution in [0.5, 0.6) is 11.5 Å². The van der Waals surface area contributed by atoms with Crippen LogP contribution in [0.4, 0.5) is 5.82 Å². The number of nitrogens with zero attached hydrogens (tertiary/aromatic N) is 2. The molecule has 2 aromatic rings. The van der Waals surface area contributed by atoms with Gasteiger partial charge in [0.25, 0.3) is 0 Å². The van der Waals surface area contributed by atoms with E-state index in [-0.39, 0.29) is 0 Å². The number of hydrogen-bond acceptors (Lipinski definition) is 5. The minimum atomic E-state index is 0.763. The average molecular weight is 287 g/mol. The first-order valence-corrected chi connectivity index (χ1v) is 7.00. The first kappa shape index (κ1) is 15.1. The molecule has 0 aliphatic rings. The second-order valence-corrected chi connectivity index (χ2v) is 4.62. The fraction of sp³-hybridized carbons (Fsp3) is 0.375. The predicted octanol–water partition coefficient (Wildman–Crippen LogP) is 3.16. The molecule has 0 aliphatic carbocycles. The molecular formula is C16H21N3O2. The number of hydrogen-bond donors (Lipinski definition) is 1. The van der Waals surface area contributed by atoms with Crippen LogP contribution in [0.15, 0.2) is 24.3 Å². The molecule has 0 unspecified atom stereocenters. The van der Waals surface area contributed by atoms with Crippen molar-refractivity contribution in [1.29, 1.82) is 0 Å². The Kier molecular flexibility index (Phi) is 4.98. The molecule has 1 N–H and O–H groups in total. The highest BCUT2D eigenvalue weighted by atomic mass is 16.5. The van der Waals surface area contributed by atoms with Gasteiger partial charge in [-0.15, -0.1) is 0 Å². The van der Waals surface area contributed by atoms with Gasteiger partial charge >= 0.3 is 0 Å². The molecule has 5 nitrogen and oxygen atoms in total. The summed E-state index contributed by atoms with van der Waals surface area (Å²) in [6.45, 7) is 2.11. The van der Waals surface area contributed by atoms with Gasteiger partial charge < -0.3 is 14.8 Å². The van der Waals surface area contributed by atoms with Gasteiger partial charge in [-0.05, 0) is 24.6 Å². The summed E-state index contributed by atoms with van der Waals surface area (Å²) >= 11 is 0. The van der Waals surface area contributed by atoms with Crippen LogP contribution in [0.3, 0.4) is 0 Å². The van der Waals surface area contributed by atoms with Gasteiger partial charge in [0.05, 0.1) is 19.9 Å². The molecule has 2 rings (SSSR count). The Labute approximate surface area is 125 Å². The second-order valence-electron chi connectivity index (χ2n) is 4.62. The van der Waals surface area contributed by atoms with Crippen LogP contribution in [-0.2, 0) is 6.42 Å². The molecule has 1 aromatic heterocycles. The van der Waals surface area contributed by atoms with Crippen molar-refractivity contribution in [2.24, 2.45) is 0 Å². The topological polar surface area (TPSA) is 56.3 Å². The molecule has 0 amide bonds. The number of benzene rings is 1. The molecule has 0 saturated carbocycles. The van der Waals surface area contributed by atoms with E-state index in [1.807, 2.05) is 31.3 Å². The minimum Gasteiger partial charge on any atom is -0.497 e. The lowest BCUT2D eigenvalue weighted by molar-refractivity contribution is 0.404. The number of aryl methyl sites for hydroxylation is 1. The summed E-state index contributed by atoms with van der Waals surface area (Å²) in [6, 6.07) is 7.59. The Balaban J connectivity index is 2.56. The van der Waals surface area contributed by atoms with Crippen molar-refractivity contribution in [3.8, 4) is 22.8 Å². The lowest BCUT2D eigenvalue weighted by Gasteiger charge is -2.12. The Hall–Kier alpha value is -2.30. The molecule has 112 valence electrons. The van der Waals surface area contributed by atoms with Crippen LogP contribution in [0, 0.1) is 0 Å². The van der Waals surface area contributed by atoms with E-state index in [1.165, 1.54) is 0 Å². The number of nitrogens with one attached hydrogen (secondary N) is 1. The van der Waals surface area contributed by atoms with Crippen LogP contribution in [0.1, 0.15) is 19.2 Å². The number of methoxy groups -OCH3 is 2. The van der Waals surface area contributed by atoms with E-state index >= 15 is 0 Å². The number of anilines is 1. The molecule has 0 radical (unpaired) electrons. The monoisotopic (exact) mass is 287 g/mol. The summed E-state index contributed by atoms with van der Waals surface area (Å²) in [5, 5.41) is 3.08. The third-order valence-corrected chi connectivity index (χ3v) is 3.18. The van der Waals surface area contributed by atoms with E-state index in [1.54, 1.807) is 14.2 Å². The maximum Gasteiger partial charge on any atom is 0.131 e. The molecule has 21 heavy (non-hydrogen) atoms. The zero-order chi connectivity index (χ0) is 15.2. The van der Waals surface area contributed by atoms with Crippen LogP contribution < -0.4 is 14.8 Å². The van der Waals surface area contributed by atoms with Gasteiger partial charge in [0.1, 0.15) is 23.1 Å². The van der Waals surface area contributed by atoms with E-state index in [0.29, 0.717) is 0 Å². The highest BCUT2D eigenvalue weighted by Crippen LogP contribution is 2.33. The van der Waals surface area contributed by atoms with Gasteiger partial charge in [-0.1, -0.05) is 6.92 Å². The van der Waals surface area contributed by atoms with Crippen molar-refractivity contribution in [2.75, 3.05) is 26.6 Å². The summed E-state index contributed by atoms with van der Waals surface area (Å²) in [7, 11) is 5.15. The van der Waals surface area contributed by atoms with E-state index in [9.17, 15) is 0 Å². The van der Waals surface area contributed by atoms with Crippen LogP contribution in [-0.4, -0.2) is 31.2 Å². The van der Waals surface area contributed by atoms with Crippen molar-refractivity contribution < 1.29 is 9.47 Å². The van der Waals surface area contributed by atoms with E-state index in [0.717, 1.165) is 47.2 Å². The SMILES string of the molecule is CCCc1nc(NC)cc(-c2cc(OC)ccc2OC)n1. The third kappa shape index (κ3) is 3.42. The van der Waals surface area contributed by atoms with Crippen molar-refractivity contribution in [1.82, 2.24) is 9.97 Å². The standard InChI is InChI=1S/C16H21N3O2/c1-5-6-15-18-13(10-16(17-2)19-15)12-9-11(20-3)7-8-14(12)21-4/h7-10H,5-6H2,1-4H3,(H,17,18,19). The maximum absolute atomic E-state index is 5.44. The van der Waals surface area contributed by atoms with Gasteiger partial charge in [-0.3, -0.25) is 0 Å². The Bertz CT molecular complexity index is 614. The molecule has 0 fully saturated rings. The first-order valence-electron chi connectivity index (χ1n) is 7.00. The van der Waals surface area contributed by atoms with E-state index < -0.39 is 0 Å². The molecule has 5 heteroatoms. The second kappa shape index (κ2) is 6.92. The van der Waals surface area contributed by atoms with Crippen molar-refractivity contribution in [3.63, 3.8) is 0 Å². The van der Waals surface area contributed by atoms with Gasteiger partial charge in [0.2, 0.25) is 0 Å². The number of ether oxygens (including phenoxy) is 2. The summed E-state index contributed by atoms with van der Waals surface area (Å²) in [5.74, 6) is 3.16. The summed E-state index contributed by atoms with van der Waals surface area (Å²) < 4.78 is 10.7. The summed E-state index contributed by atoms with van der Waals surface area (Å²) in [6.07, 6.45) is 1.84. The maximum atomic E-state index is 5.44. The minimum absolute atomic E-state index is 0.763. The number of aromatic nitrogens is 2. The van der Waals surface area contributed by atoms with Crippen LogP contribution in [0.2, 0.25) is 0 Å². The molecule has 0 spiro atoms. The third-order valence-electron chi connectivity index (χ3n) is 3.18. The zero-order valence-corrected chi connectivity index (χ0v) is 12.9. The molecule has 0 saturated heterocycles. The van der Waals surface area contributed by atoms with E-state index in [4.69, 9.17) is 9.47 Å². The van der Waals surface area contributed by atoms with Crippen molar-refractivity contribution >= 4 is 5.82 Å². The number of rotatable bonds is 6. The van der Waals surface area contributed by atoms with Crippen molar-refractivity contribution in [2.45, 2.75) is 19.8 Å². The van der Waals surface area contributed by atoms with Gasteiger partial charge in [0.15, 0.2) is 0 Å². The highest BCUT2D eigenvalue weighted by molar-refractivity contribution is 5.71. The van der Waals surface area contributed by atoms with Gasteiger partial charge in [0, 0.05) is 25.1 Å². The average Bonchev–Trinajstić information content (AvgIpc) is 2.54. The van der Waals surface area contributed by atoms with Gasteiger partial charge in [-0.2, -0.15) is 0 Å². The molecule has 1 heterocycles. The zero-order valence-electron chi connectivity index (χ0n) is 12.9. The Morgan fingerprint density at radius 3 is 2.52 bits per heavy atom. The smallest absolute Gasteiger partial charge is 0.131 e.